The van der Waals surface area contributed by atoms with E-state index in [1.54, 1.807) is 19.1 Å². The molecular weight excluding hydrogens is 206 g/mol. The summed E-state index contributed by atoms with van der Waals surface area (Å²) in [6.45, 7) is 1.78. The number of amides is 1. The normalized spacial score (nSPS) is 9.81. The van der Waals surface area contributed by atoms with Crippen molar-refractivity contribution in [1.29, 1.82) is 0 Å². The van der Waals surface area contributed by atoms with Gasteiger partial charge in [-0.25, -0.2) is 0 Å². The van der Waals surface area contributed by atoms with Crippen molar-refractivity contribution in [1.82, 2.24) is 0 Å². The summed E-state index contributed by atoms with van der Waals surface area (Å²) in [7, 11) is 0. The van der Waals surface area contributed by atoms with Crippen molar-refractivity contribution < 1.29 is 14.7 Å². The van der Waals surface area contributed by atoms with Gasteiger partial charge in [-0.1, -0.05) is 19.1 Å². The average molecular weight is 221 g/mol. The summed E-state index contributed by atoms with van der Waals surface area (Å²) in [4.78, 5) is 21.6. The van der Waals surface area contributed by atoms with Crippen molar-refractivity contribution >= 4 is 17.6 Å². The van der Waals surface area contributed by atoms with Crippen LogP contribution in [-0.4, -0.2) is 17.0 Å². The van der Waals surface area contributed by atoms with Crippen LogP contribution in [0.3, 0.4) is 0 Å². The number of anilines is 1. The van der Waals surface area contributed by atoms with E-state index in [2.05, 4.69) is 5.32 Å². The van der Waals surface area contributed by atoms with E-state index in [-0.39, 0.29) is 12.3 Å². The third kappa shape index (κ3) is 4.13. The second-order valence-corrected chi connectivity index (χ2v) is 3.50. The summed E-state index contributed by atoms with van der Waals surface area (Å²) in [5.74, 6) is -0.863. The standard InChI is InChI=1S/C12H15NO3/c1-2-11(14)13-10-5-3-4-9(8-10)6-7-12(15)16/h3-5,8H,2,6-7H2,1H3,(H,13,14)(H,15,16). The van der Waals surface area contributed by atoms with E-state index in [4.69, 9.17) is 5.11 Å². The molecule has 0 bridgehead atoms. The molecule has 0 saturated carbocycles. The molecule has 0 heterocycles. The monoisotopic (exact) mass is 221 g/mol. The Bertz CT molecular complexity index is 388. The van der Waals surface area contributed by atoms with Crippen LogP contribution in [0.5, 0.6) is 0 Å². The van der Waals surface area contributed by atoms with Gasteiger partial charge in [-0.3, -0.25) is 9.59 Å². The SMILES string of the molecule is CCC(=O)Nc1cccc(CCC(=O)O)c1. The summed E-state index contributed by atoms with van der Waals surface area (Å²) in [5, 5.41) is 11.3. The van der Waals surface area contributed by atoms with E-state index in [0.29, 0.717) is 12.8 Å². The summed E-state index contributed by atoms with van der Waals surface area (Å²) >= 11 is 0. The maximum absolute atomic E-state index is 11.2. The lowest BCUT2D eigenvalue weighted by molar-refractivity contribution is -0.137. The van der Waals surface area contributed by atoms with Crippen LogP contribution in [0.15, 0.2) is 24.3 Å². The van der Waals surface area contributed by atoms with Crippen LogP contribution in [0.2, 0.25) is 0 Å². The molecule has 0 aromatic heterocycles. The minimum atomic E-state index is -0.817. The van der Waals surface area contributed by atoms with Crippen molar-refractivity contribution in [3.8, 4) is 0 Å². The quantitative estimate of drug-likeness (QED) is 0.799. The number of carbonyl (C=O) groups is 2. The van der Waals surface area contributed by atoms with E-state index in [9.17, 15) is 9.59 Å². The molecule has 0 saturated heterocycles. The predicted molar refractivity (Wildman–Crippen MR) is 61.3 cm³/mol. The first kappa shape index (κ1) is 12.2. The molecule has 0 aliphatic rings. The Kier molecular flexibility index (Phi) is 4.51. The van der Waals surface area contributed by atoms with Crippen LogP contribution in [0.4, 0.5) is 5.69 Å². The molecule has 4 nitrogen and oxygen atoms in total. The Labute approximate surface area is 94.3 Å². The van der Waals surface area contributed by atoms with Crippen molar-refractivity contribution in [2.75, 3.05) is 5.32 Å². The highest BCUT2D eigenvalue weighted by Gasteiger charge is 2.02. The minimum absolute atomic E-state index is 0.0459. The molecule has 0 aliphatic heterocycles. The van der Waals surface area contributed by atoms with E-state index in [1.807, 2.05) is 12.1 Å². The number of aryl methyl sites for hydroxylation is 1. The van der Waals surface area contributed by atoms with Gasteiger partial charge < -0.3 is 10.4 Å². The molecule has 16 heavy (non-hydrogen) atoms. The third-order valence-corrected chi connectivity index (χ3v) is 2.16. The van der Waals surface area contributed by atoms with Crippen LogP contribution in [0.1, 0.15) is 25.3 Å². The number of aliphatic carboxylic acids is 1. The fourth-order valence-electron chi connectivity index (χ4n) is 1.31. The first-order valence-corrected chi connectivity index (χ1v) is 5.22. The summed E-state index contributed by atoms with van der Waals surface area (Å²) in [5.41, 5.74) is 1.63. The van der Waals surface area contributed by atoms with Gasteiger partial charge in [-0.05, 0) is 24.1 Å². The predicted octanol–water partition coefficient (Wildman–Crippen LogP) is 2.05. The number of hydrogen-bond acceptors (Lipinski definition) is 2. The molecule has 0 unspecified atom stereocenters. The van der Waals surface area contributed by atoms with Crippen LogP contribution >= 0.6 is 0 Å². The number of carboxylic acids is 1. The molecule has 1 aromatic carbocycles. The van der Waals surface area contributed by atoms with Gasteiger partial charge in [0.15, 0.2) is 0 Å². The maximum Gasteiger partial charge on any atom is 0.303 e. The molecule has 1 amide bonds. The van der Waals surface area contributed by atoms with E-state index in [0.717, 1.165) is 11.3 Å². The zero-order valence-corrected chi connectivity index (χ0v) is 9.19. The molecule has 86 valence electrons. The zero-order valence-electron chi connectivity index (χ0n) is 9.19. The maximum atomic E-state index is 11.2. The Hall–Kier alpha value is -1.84. The molecule has 0 aliphatic carbocycles. The highest BCUT2D eigenvalue weighted by atomic mass is 16.4. The number of carbonyl (C=O) groups excluding carboxylic acids is 1. The van der Waals surface area contributed by atoms with Crippen LogP contribution in [0.25, 0.3) is 0 Å². The fourth-order valence-corrected chi connectivity index (χ4v) is 1.31. The highest BCUT2D eigenvalue weighted by molar-refractivity contribution is 5.90. The van der Waals surface area contributed by atoms with Gasteiger partial charge in [0.1, 0.15) is 0 Å². The Morgan fingerprint density at radius 1 is 1.38 bits per heavy atom. The second-order valence-electron chi connectivity index (χ2n) is 3.50. The number of rotatable bonds is 5. The van der Waals surface area contributed by atoms with Gasteiger partial charge in [0.05, 0.1) is 0 Å². The third-order valence-electron chi connectivity index (χ3n) is 2.16. The first-order valence-electron chi connectivity index (χ1n) is 5.22. The molecule has 1 aromatic rings. The Morgan fingerprint density at radius 3 is 2.75 bits per heavy atom. The van der Waals surface area contributed by atoms with Crippen molar-refractivity contribution in [3.63, 3.8) is 0 Å². The number of hydrogen-bond donors (Lipinski definition) is 2. The topological polar surface area (TPSA) is 66.4 Å². The van der Waals surface area contributed by atoms with Crippen molar-refractivity contribution in [2.45, 2.75) is 26.2 Å². The van der Waals surface area contributed by atoms with E-state index in [1.165, 1.54) is 0 Å². The first-order chi connectivity index (χ1) is 7.61. The van der Waals surface area contributed by atoms with Gasteiger partial charge >= 0.3 is 5.97 Å². The molecule has 1 rings (SSSR count). The zero-order chi connectivity index (χ0) is 12.0. The molecule has 0 atom stereocenters. The lowest BCUT2D eigenvalue weighted by Crippen LogP contribution is -2.09. The summed E-state index contributed by atoms with van der Waals surface area (Å²) in [6.07, 6.45) is 1.01. The molecule has 0 radical (unpaired) electrons. The van der Waals surface area contributed by atoms with E-state index < -0.39 is 5.97 Å². The molecule has 0 fully saturated rings. The number of nitrogens with one attached hydrogen (secondary N) is 1. The van der Waals surface area contributed by atoms with Gasteiger partial charge in [-0.2, -0.15) is 0 Å². The smallest absolute Gasteiger partial charge is 0.303 e. The van der Waals surface area contributed by atoms with Gasteiger partial charge in [0.2, 0.25) is 5.91 Å². The van der Waals surface area contributed by atoms with Crippen LogP contribution in [0, 0.1) is 0 Å². The Balaban J connectivity index is 2.63. The number of carboxylic acid groups (broad SMARTS) is 1. The molecule has 4 heteroatoms. The minimum Gasteiger partial charge on any atom is -0.481 e. The lowest BCUT2D eigenvalue weighted by Gasteiger charge is -2.05. The Morgan fingerprint density at radius 2 is 2.12 bits per heavy atom. The second kappa shape index (κ2) is 5.90. The van der Waals surface area contributed by atoms with Gasteiger partial charge in [0, 0.05) is 18.5 Å². The largest absolute Gasteiger partial charge is 0.481 e. The molecule has 0 spiro atoms. The summed E-state index contributed by atoms with van der Waals surface area (Å²) < 4.78 is 0. The fraction of sp³-hybridized carbons (Fsp3) is 0.333. The molecule has 2 N–H and O–H groups in total. The highest BCUT2D eigenvalue weighted by Crippen LogP contribution is 2.12. The van der Waals surface area contributed by atoms with Gasteiger partial charge in [0.25, 0.3) is 0 Å². The van der Waals surface area contributed by atoms with E-state index >= 15 is 0 Å². The van der Waals surface area contributed by atoms with Crippen molar-refractivity contribution in [3.05, 3.63) is 29.8 Å². The van der Waals surface area contributed by atoms with Crippen LogP contribution < -0.4 is 5.32 Å². The van der Waals surface area contributed by atoms with Crippen LogP contribution in [-0.2, 0) is 16.0 Å². The molecular formula is C12H15NO3. The lowest BCUT2D eigenvalue weighted by atomic mass is 10.1. The van der Waals surface area contributed by atoms with Gasteiger partial charge in [-0.15, -0.1) is 0 Å². The van der Waals surface area contributed by atoms with Crippen molar-refractivity contribution in [2.24, 2.45) is 0 Å². The summed E-state index contributed by atoms with van der Waals surface area (Å²) in [6, 6.07) is 7.25. The average Bonchev–Trinajstić information content (AvgIpc) is 2.26. The number of benzene rings is 1.